The monoisotopic (exact) mass is 552 g/mol. The lowest BCUT2D eigenvalue weighted by molar-refractivity contribution is -0.137. The van der Waals surface area contributed by atoms with Crippen molar-refractivity contribution in [3.05, 3.63) is 89.0 Å². The first-order valence-corrected chi connectivity index (χ1v) is 11.7. The molecule has 1 amide bonds. The minimum absolute atomic E-state index is 0.0180. The number of alkyl halides is 3. The number of esters is 1. The Morgan fingerprint density at radius 2 is 1.73 bits per heavy atom. The summed E-state index contributed by atoms with van der Waals surface area (Å²) in [5, 5.41) is 11.0. The van der Waals surface area contributed by atoms with E-state index in [1.165, 1.54) is 41.9 Å². The maximum atomic E-state index is 15.1. The summed E-state index contributed by atoms with van der Waals surface area (Å²) in [7, 11) is 2.74. The zero-order valence-corrected chi connectivity index (χ0v) is 21.2. The molecule has 9 nitrogen and oxygen atoms in total. The zero-order valence-electron chi connectivity index (χ0n) is 21.2. The molecule has 2 aromatic carbocycles. The number of anilines is 1. The number of benzene rings is 2. The maximum absolute atomic E-state index is 15.1. The molecule has 0 aliphatic carbocycles. The Labute approximate surface area is 224 Å². The highest BCUT2D eigenvalue weighted by Gasteiger charge is 2.36. The number of fused-ring (bicyclic) bond motifs is 1. The summed E-state index contributed by atoms with van der Waals surface area (Å²) >= 11 is 0. The molecule has 1 N–H and O–H groups in total. The van der Waals surface area contributed by atoms with E-state index in [0.29, 0.717) is 5.69 Å². The Morgan fingerprint density at radius 1 is 1.00 bits per heavy atom. The van der Waals surface area contributed by atoms with Crippen LogP contribution in [-0.2, 0) is 18.0 Å². The topological polar surface area (TPSA) is 104 Å². The summed E-state index contributed by atoms with van der Waals surface area (Å²) in [6.07, 6.45) is -3.47. The van der Waals surface area contributed by atoms with Gasteiger partial charge < -0.3 is 10.1 Å². The number of ether oxygens (including phenoxy) is 1. The van der Waals surface area contributed by atoms with Gasteiger partial charge in [0, 0.05) is 18.8 Å². The van der Waals surface area contributed by atoms with Gasteiger partial charge in [-0.2, -0.15) is 23.4 Å². The molecule has 5 aromatic rings. The molecule has 0 aliphatic rings. The number of rotatable bonds is 5. The van der Waals surface area contributed by atoms with Gasteiger partial charge in [-0.1, -0.05) is 18.2 Å². The van der Waals surface area contributed by atoms with Crippen molar-refractivity contribution >= 4 is 28.7 Å². The number of amides is 1. The lowest BCUT2D eigenvalue weighted by Gasteiger charge is -2.15. The van der Waals surface area contributed by atoms with Crippen LogP contribution in [0.1, 0.15) is 32.0 Å². The Morgan fingerprint density at radius 3 is 2.35 bits per heavy atom. The number of halogens is 4. The number of pyridine rings is 1. The third-order valence-corrected chi connectivity index (χ3v) is 6.12. The van der Waals surface area contributed by atoms with Crippen molar-refractivity contribution < 1.29 is 31.9 Å². The van der Waals surface area contributed by atoms with Crippen LogP contribution in [0.25, 0.3) is 28.0 Å². The van der Waals surface area contributed by atoms with Gasteiger partial charge >= 0.3 is 12.1 Å². The third kappa shape index (κ3) is 4.77. The highest BCUT2D eigenvalue weighted by molar-refractivity contribution is 6.09. The summed E-state index contributed by atoms with van der Waals surface area (Å²) in [6.45, 7) is 1.56. The van der Waals surface area contributed by atoms with Gasteiger partial charge in [0.1, 0.15) is 16.9 Å². The molecule has 3 heterocycles. The van der Waals surface area contributed by atoms with Crippen LogP contribution in [0.5, 0.6) is 0 Å². The number of carbonyl (C=O) groups is 2. The van der Waals surface area contributed by atoms with E-state index in [9.17, 15) is 22.8 Å². The largest absolute Gasteiger partial charge is 0.465 e. The molecule has 0 aliphatic heterocycles. The van der Waals surface area contributed by atoms with E-state index in [-0.39, 0.29) is 39.9 Å². The minimum Gasteiger partial charge on any atom is -0.465 e. The fraction of sp³-hybridized carbons (Fsp3) is 0.148. The van der Waals surface area contributed by atoms with E-state index < -0.39 is 40.6 Å². The first-order chi connectivity index (χ1) is 19.0. The molecular formula is C27H20F4N6O3. The molecule has 0 fully saturated rings. The molecule has 0 atom stereocenters. The predicted octanol–water partition coefficient (Wildman–Crippen LogP) is 5.33. The van der Waals surface area contributed by atoms with Crippen LogP contribution in [0.3, 0.4) is 0 Å². The minimum atomic E-state index is -4.90. The number of aromatic nitrogens is 5. The van der Waals surface area contributed by atoms with Crippen LogP contribution in [-0.4, -0.2) is 43.5 Å². The molecule has 0 radical (unpaired) electrons. The van der Waals surface area contributed by atoms with Gasteiger partial charge in [-0.3, -0.25) is 9.48 Å². The first kappa shape index (κ1) is 26.5. The molecular weight excluding hydrogens is 532 g/mol. The van der Waals surface area contributed by atoms with Crippen LogP contribution in [0.2, 0.25) is 0 Å². The van der Waals surface area contributed by atoms with Gasteiger partial charge in [0.05, 0.1) is 40.9 Å². The van der Waals surface area contributed by atoms with Gasteiger partial charge in [-0.05, 0) is 43.3 Å². The molecule has 13 heteroatoms. The van der Waals surface area contributed by atoms with Gasteiger partial charge in [0.25, 0.3) is 5.91 Å². The smallest absolute Gasteiger partial charge is 0.417 e. The van der Waals surface area contributed by atoms with E-state index >= 15 is 4.39 Å². The number of hydrogen-bond donors (Lipinski definition) is 1. The van der Waals surface area contributed by atoms with Gasteiger partial charge in [-0.15, -0.1) is 0 Å². The number of aryl methyl sites for hydroxylation is 2. The Hall–Kier alpha value is -5.07. The van der Waals surface area contributed by atoms with Crippen LogP contribution in [0.4, 0.5) is 23.4 Å². The normalized spacial score (nSPS) is 11.6. The number of methoxy groups -OCH3 is 1. The van der Waals surface area contributed by atoms with E-state index in [0.717, 1.165) is 6.07 Å². The van der Waals surface area contributed by atoms with Crippen LogP contribution >= 0.6 is 0 Å². The van der Waals surface area contributed by atoms with Crippen molar-refractivity contribution in [2.75, 3.05) is 12.4 Å². The molecule has 0 saturated heterocycles. The van der Waals surface area contributed by atoms with Crippen LogP contribution in [0.15, 0.2) is 60.8 Å². The van der Waals surface area contributed by atoms with E-state index in [2.05, 4.69) is 20.5 Å². The quantitative estimate of drug-likeness (QED) is 0.234. The second-order valence-corrected chi connectivity index (χ2v) is 8.78. The van der Waals surface area contributed by atoms with E-state index in [1.807, 2.05) is 0 Å². The van der Waals surface area contributed by atoms with Gasteiger partial charge in [0.15, 0.2) is 5.82 Å². The summed E-state index contributed by atoms with van der Waals surface area (Å²) in [5.74, 6) is -3.04. The van der Waals surface area contributed by atoms with Gasteiger partial charge in [0.2, 0.25) is 0 Å². The molecule has 0 saturated carbocycles. The molecule has 3 aromatic heterocycles. The number of nitrogens with one attached hydrogen (secondary N) is 1. The maximum Gasteiger partial charge on any atom is 0.417 e. The number of nitrogens with zero attached hydrogens (tertiary/aromatic N) is 5. The Kier molecular flexibility index (Phi) is 6.57. The van der Waals surface area contributed by atoms with E-state index in [1.54, 1.807) is 37.3 Å². The van der Waals surface area contributed by atoms with E-state index in [4.69, 9.17) is 4.74 Å². The van der Waals surface area contributed by atoms with Crippen LogP contribution in [0, 0.1) is 12.7 Å². The molecule has 0 spiro atoms. The molecule has 40 heavy (non-hydrogen) atoms. The highest BCUT2D eigenvalue weighted by atomic mass is 19.4. The number of para-hydroxylation sites is 1. The van der Waals surface area contributed by atoms with Crippen molar-refractivity contribution in [2.24, 2.45) is 7.05 Å². The predicted molar refractivity (Wildman–Crippen MR) is 136 cm³/mol. The fourth-order valence-corrected chi connectivity index (χ4v) is 4.22. The average Bonchev–Trinajstić information content (AvgIpc) is 3.50. The molecule has 204 valence electrons. The van der Waals surface area contributed by atoms with Crippen LogP contribution < -0.4 is 5.32 Å². The fourth-order valence-electron chi connectivity index (χ4n) is 4.22. The molecule has 0 bridgehead atoms. The van der Waals surface area contributed by atoms with Crippen molar-refractivity contribution in [1.29, 1.82) is 0 Å². The highest BCUT2D eigenvalue weighted by Crippen LogP contribution is 2.38. The van der Waals surface area contributed by atoms with Crippen molar-refractivity contribution in [1.82, 2.24) is 24.5 Å². The lowest BCUT2D eigenvalue weighted by Crippen LogP contribution is -2.18. The number of carbonyl (C=O) groups excluding carboxylic acids is 2. The van der Waals surface area contributed by atoms with Gasteiger partial charge in [-0.25, -0.2) is 18.9 Å². The summed E-state index contributed by atoms with van der Waals surface area (Å²) in [6, 6.07) is 12.4. The van der Waals surface area contributed by atoms with Crippen molar-refractivity contribution in [3.63, 3.8) is 0 Å². The third-order valence-electron chi connectivity index (χ3n) is 6.12. The summed E-state index contributed by atoms with van der Waals surface area (Å²) in [5.41, 5.74) is -1.16. The Balaban J connectivity index is 1.66. The lowest BCUT2D eigenvalue weighted by atomic mass is 9.99. The summed E-state index contributed by atoms with van der Waals surface area (Å²) < 4.78 is 63.8. The zero-order chi connectivity index (χ0) is 28.8. The second kappa shape index (κ2) is 9.91. The average molecular weight is 552 g/mol. The Bertz CT molecular complexity index is 1780. The molecule has 0 unspecified atom stereocenters. The van der Waals surface area contributed by atoms with Crippen molar-refractivity contribution in [2.45, 2.75) is 13.1 Å². The standard InChI is InChI=1S/C27H20F4N6O3/c1-14-16(26(39)40-3)12-22-23(32-14)24(37(35-22)15-7-5-4-6-8-15)33-25(38)18-11-17(21-9-10-36(2)34-21)19(13-20(18)28)27(29,30)31/h4-13H,1-3H3,(H,33,38). The second-order valence-electron chi connectivity index (χ2n) is 8.78. The molecule has 5 rings (SSSR count). The first-order valence-electron chi connectivity index (χ1n) is 11.7. The number of hydrogen-bond acceptors (Lipinski definition) is 6. The van der Waals surface area contributed by atoms with Crippen molar-refractivity contribution in [3.8, 4) is 16.9 Å². The summed E-state index contributed by atoms with van der Waals surface area (Å²) in [4.78, 5) is 30.0. The SMILES string of the molecule is COC(=O)c1cc2nn(-c3ccccc3)c(NC(=O)c3cc(-c4ccn(C)n4)c(C(F)(F)F)cc3F)c2nc1C.